The van der Waals surface area contributed by atoms with E-state index in [0.29, 0.717) is 52.4 Å². The van der Waals surface area contributed by atoms with Crippen molar-refractivity contribution in [3.63, 3.8) is 0 Å². The van der Waals surface area contributed by atoms with Crippen LogP contribution in [0.5, 0.6) is 0 Å². The molecule has 2 N–H and O–H groups in total. The summed E-state index contributed by atoms with van der Waals surface area (Å²) in [7, 11) is 0. The molecule has 37 heavy (non-hydrogen) atoms. The van der Waals surface area contributed by atoms with Gasteiger partial charge in [0.15, 0.2) is 4.83 Å². The highest BCUT2D eigenvalue weighted by atomic mass is 32.1. The van der Waals surface area contributed by atoms with Gasteiger partial charge in [-0.25, -0.2) is 9.37 Å². The summed E-state index contributed by atoms with van der Waals surface area (Å²) >= 11 is 1.17. The van der Waals surface area contributed by atoms with Crippen LogP contribution in [0.1, 0.15) is 59.3 Å². The topological polar surface area (TPSA) is 94.1 Å². The van der Waals surface area contributed by atoms with Crippen LogP contribution in [0.4, 0.5) is 4.39 Å². The van der Waals surface area contributed by atoms with Crippen LogP contribution in [0.15, 0.2) is 53.3 Å². The van der Waals surface area contributed by atoms with Crippen LogP contribution in [0.25, 0.3) is 10.2 Å². The lowest BCUT2D eigenvalue weighted by Gasteiger charge is -2.35. The first-order chi connectivity index (χ1) is 17.7. The first-order valence-corrected chi connectivity index (χ1v) is 13.2. The molecule has 4 aromatic rings. The first-order valence-electron chi connectivity index (χ1n) is 12.4. The second-order valence-corrected chi connectivity index (χ2v) is 10.4. The third-order valence-corrected chi connectivity index (χ3v) is 7.25. The van der Waals surface area contributed by atoms with Crippen molar-refractivity contribution in [1.29, 1.82) is 0 Å². The molecule has 7 nitrogen and oxygen atoms in total. The van der Waals surface area contributed by atoms with E-state index in [0.717, 1.165) is 5.56 Å². The molecule has 0 radical (unpaired) electrons. The zero-order valence-corrected chi connectivity index (χ0v) is 22.4. The molecule has 1 atom stereocenters. The van der Waals surface area contributed by atoms with Gasteiger partial charge in [0.05, 0.1) is 23.7 Å². The van der Waals surface area contributed by atoms with E-state index in [1.54, 1.807) is 28.5 Å². The Kier molecular flexibility index (Phi) is 8.14. The molecule has 9 heteroatoms. The number of amides is 1. The van der Waals surface area contributed by atoms with Gasteiger partial charge < -0.3 is 10.6 Å². The van der Waals surface area contributed by atoms with Crippen LogP contribution < -0.4 is 11.3 Å². The van der Waals surface area contributed by atoms with Crippen molar-refractivity contribution in [3.8, 4) is 0 Å². The zero-order chi connectivity index (χ0) is 26.7. The molecule has 0 aliphatic heterocycles. The summed E-state index contributed by atoms with van der Waals surface area (Å²) < 4.78 is 20.0. The van der Waals surface area contributed by atoms with Crippen LogP contribution in [-0.4, -0.2) is 37.8 Å². The second kappa shape index (κ2) is 11.3. The molecule has 0 saturated heterocycles. The van der Waals surface area contributed by atoms with Crippen molar-refractivity contribution in [2.45, 2.75) is 46.7 Å². The van der Waals surface area contributed by atoms with Crippen molar-refractivity contribution in [3.05, 3.63) is 92.9 Å². The number of rotatable bonds is 9. The fourth-order valence-electron chi connectivity index (χ4n) is 4.57. The molecular weight excluding hydrogens is 489 g/mol. The summed E-state index contributed by atoms with van der Waals surface area (Å²) in [6, 6.07) is 13.1. The molecule has 4 rings (SSSR count). The Morgan fingerprint density at radius 3 is 2.54 bits per heavy atom. The quantitative estimate of drug-likeness (QED) is 0.340. The predicted octanol–water partition coefficient (Wildman–Crippen LogP) is 4.85. The first kappa shape index (κ1) is 26.6. The molecule has 2 aromatic heterocycles. The fourth-order valence-corrected chi connectivity index (χ4v) is 5.34. The third kappa shape index (κ3) is 5.62. The number of benzene rings is 2. The van der Waals surface area contributed by atoms with Crippen LogP contribution >= 0.6 is 11.5 Å². The molecular formula is C28H32FN5O2S. The summed E-state index contributed by atoms with van der Waals surface area (Å²) in [5.74, 6) is -0.157. The number of fused-ring (bicyclic) bond motifs is 1. The van der Waals surface area contributed by atoms with E-state index < -0.39 is 6.04 Å². The molecule has 0 aliphatic rings. The number of aromatic nitrogens is 3. The maximum atomic E-state index is 14.0. The summed E-state index contributed by atoms with van der Waals surface area (Å²) in [5, 5.41) is 0.450. The van der Waals surface area contributed by atoms with Crippen LogP contribution in [0.2, 0.25) is 0 Å². The monoisotopic (exact) mass is 521 g/mol. The molecule has 0 spiro atoms. The minimum atomic E-state index is -0.520. The Bertz CT molecular complexity index is 1460. The lowest BCUT2D eigenvalue weighted by Crippen LogP contribution is -2.42. The van der Waals surface area contributed by atoms with Crippen molar-refractivity contribution in [2.75, 3.05) is 13.1 Å². The Labute approximate surface area is 219 Å². The van der Waals surface area contributed by atoms with E-state index in [1.807, 2.05) is 45.0 Å². The van der Waals surface area contributed by atoms with E-state index in [-0.39, 0.29) is 29.7 Å². The Morgan fingerprint density at radius 1 is 1.16 bits per heavy atom. The molecule has 194 valence electrons. The lowest BCUT2D eigenvalue weighted by molar-refractivity contribution is 0.0603. The van der Waals surface area contributed by atoms with Crippen LogP contribution in [0.3, 0.4) is 0 Å². The molecule has 0 fully saturated rings. The third-order valence-electron chi connectivity index (χ3n) is 6.42. The van der Waals surface area contributed by atoms with Gasteiger partial charge >= 0.3 is 0 Å². The summed E-state index contributed by atoms with van der Waals surface area (Å²) in [6.07, 6.45) is 0.594. The molecule has 0 aliphatic carbocycles. The normalized spacial score (nSPS) is 12.3. The van der Waals surface area contributed by atoms with Crippen LogP contribution in [-0.2, 0) is 6.54 Å². The minimum Gasteiger partial charge on any atom is -0.330 e. The smallest absolute Gasteiger partial charge is 0.264 e. The van der Waals surface area contributed by atoms with Gasteiger partial charge in [-0.3, -0.25) is 14.2 Å². The number of aryl methyl sites for hydroxylation is 2. The van der Waals surface area contributed by atoms with Gasteiger partial charge in [-0.15, -0.1) is 0 Å². The van der Waals surface area contributed by atoms with Gasteiger partial charge in [0, 0.05) is 12.1 Å². The maximum Gasteiger partial charge on any atom is 0.264 e. The van der Waals surface area contributed by atoms with Gasteiger partial charge in [-0.05, 0) is 74.1 Å². The highest BCUT2D eigenvalue weighted by molar-refractivity contribution is 7.12. The minimum absolute atomic E-state index is 0.0794. The van der Waals surface area contributed by atoms with E-state index in [2.05, 4.69) is 4.37 Å². The number of hydrogen-bond donors (Lipinski definition) is 1. The van der Waals surface area contributed by atoms with E-state index in [9.17, 15) is 14.0 Å². The highest BCUT2D eigenvalue weighted by Gasteiger charge is 2.33. The molecule has 0 bridgehead atoms. The predicted molar refractivity (Wildman–Crippen MR) is 145 cm³/mol. The Morgan fingerprint density at radius 2 is 1.89 bits per heavy atom. The summed E-state index contributed by atoms with van der Waals surface area (Å²) in [4.78, 5) is 34.9. The molecule has 0 saturated carbocycles. The average molecular weight is 522 g/mol. The molecule has 2 heterocycles. The van der Waals surface area contributed by atoms with Gasteiger partial charge in [0.25, 0.3) is 11.5 Å². The number of nitrogens with two attached hydrogens (primary N) is 1. The summed E-state index contributed by atoms with van der Waals surface area (Å²) in [5.41, 5.74) is 8.45. The van der Waals surface area contributed by atoms with Gasteiger partial charge in [-0.1, -0.05) is 43.7 Å². The van der Waals surface area contributed by atoms with Crippen molar-refractivity contribution in [1.82, 2.24) is 18.8 Å². The standard InChI is InChI=1S/C28H32FN5O2S/c1-17(2)24(33(14-6-13-30)27(35)21-11-9-18(3)10-12-21)25-31-26-23(19(4)32-37-26)28(36)34(25)16-20-7-5-8-22(29)15-20/h5,7-12,15,17,24H,6,13-14,16,30H2,1-4H3/t24-/m1/s1. The SMILES string of the molecule is Cc1ccc(C(=O)N(CCCN)[C@@H](c2nc3snc(C)c3c(=O)n2Cc2cccc(F)c2)C(C)C)cc1. The number of halogens is 1. The Hall–Kier alpha value is -3.43. The maximum absolute atomic E-state index is 14.0. The fraction of sp³-hybridized carbons (Fsp3) is 0.357. The molecule has 2 aromatic carbocycles. The van der Waals surface area contributed by atoms with Gasteiger partial charge in [0.1, 0.15) is 11.6 Å². The van der Waals surface area contributed by atoms with Crippen molar-refractivity contribution < 1.29 is 9.18 Å². The Balaban J connectivity index is 1.91. The lowest BCUT2D eigenvalue weighted by atomic mass is 9.98. The van der Waals surface area contributed by atoms with E-state index in [1.165, 1.54) is 23.7 Å². The van der Waals surface area contributed by atoms with Crippen molar-refractivity contribution >= 4 is 27.7 Å². The molecule has 1 amide bonds. The number of nitrogens with zero attached hydrogens (tertiary/aromatic N) is 4. The highest BCUT2D eigenvalue weighted by Crippen LogP contribution is 2.31. The van der Waals surface area contributed by atoms with Gasteiger partial charge in [-0.2, -0.15) is 4.37 Å². The van der Waals surface area contributed by atoms with E-state index in [4.69, 9.17) is 10.7 Å². The number of carbonyl (C=O) groups excluding carboxylic acids is 1. The second-order valence-electron chi connectivity index (χ2n) is 9.64. The van der Waals surface area contributed by atoms with Crippen molar-refractivity contribution in [2.24, 2.45) is 11.7 Å². The molecule has 0 unspecified atom stereocenters. The van der Waals surface area contributed by atoms with E-state index >= 15 is 0 Å². The van der Waals surface area contributed by atoms with Gasteiger partial charge in [0.2, 0.25) is 0 Å². The average Bonchev–Trinajstić information content (AvgIpc) is 3.24. The van der Waals surface area contributed by atoms with Crippen LogP contribution in [0, 0.1) is 25.6 Å². The number of carbonyl (C=O) groups is 1. The summed E-state index contributed by atoms with van der Waals surface area (Å²) in [6.45, 7) is 8.70. The largest absolute Gasteiger partial charge is 0.330 e. The zero-order valence-electron chi connectivity index (χ0n) is 21.6. The number of hydrogen-bond acceptors (Lipinski definition) is 6.